The number of carbonyl (C=O) groups is 1. The van der Waals surface area contributed by atoms with Crippen molar-refractivity contribution in [2.24, 2.45) is 11.7 Å². The number of amides is 1. The fourth-order valence-electron chi connectivity index (χ4n) is 3.81. The van der Waals surface area contributed by atoms with Crippen LogP contribution in [0.2, 0.25) is 0 Å². The third-order valence-corrected chi connectivity index (χ3v) is 5.19. The molecule has 1 amide bonds. The molecule has 2 heterocycles. The molecule has 1 saturated carbocycles. The predicted molar refractivity (Wildman–Crippen MR) is 92.2 cm³/mol. The maximum atomic E-state index is 12.6. The number of hydrogen-bond donors (Lipinski definition) is 1. The molecular formula is C18H28N4O. The van der Waals surface area contributed by atoms with Gasteiger partial charge in [-0.3, -0.25) is 4.79 Å². The van der Waals surface area contributed by atoms with E-state index in [0.717, 1.165) is 38.4 Å². The second-order valence-corrected chi connectivity index (χ2v) is 6.85. The molecule has 3 rings (SSSR count). The van der Waals surface area contributed by atoms with Gasteiger partial charge in [-0.2, -0.15) is 0 Å². The number of carbonyl (C=O) groups excluding carboxylic acids is 1. The van der Waals surface area contributed by atoms with Gasteiger partial charge in [-0.25, -0.2) is 4.98 Å². The predicted octanol–water partition coefficient (Wildman–Crippen LogP) is 2.03. The Morgan fingerprint density at radius 3 is 2.57 bits per heavy atom. The third-order valence-electron chi connectivity index (χ3n) is 5.19. The van der Waals surface area contributed by atoms with E-state index in [0.29, 0.717) is 5.92 Å². The monoisotopic (exact) mass is 316 g/mol. The van der Waals surface area contributed by atoms with E-state index in [1.807, 2.05) is 29.3 Å². The summed E-state index contributed by atoms with van der Waals surface area (Å²) in [5, 5.41) is 0. The first-order valence-corrected chi connectivity index (χ1v) is 8.94. The zero-order chi connectivity index (χ0) is 16.1. The van der Waals surface area contributed by atoms with Crippen LogP contribution in [-0.4, -0.2) is 48.0 Å². The topological polar surface area (TPSA) is 62.5 Å². The van der Waals surface area contributed by atoms with Crippen molar-refractivity contribution in [3.05, 3.63) is 24.4 Å². The number of anilines is 1. The van der Waals surface area contributed by atoms with Crippen LogP contribution in [0.15, 0.2) is 24.4 Å². The van der Waals surface area contributed by atoms with Gasteiger partial charge < -0.3 is 15.5 Å². The Kier molecular flexibility index (Phi) is 5.49. The smallest absolute Gasteiger partial charge is 0.239 e. The van der Waals surface area contributed by atoms with Crippen molar-refractivity contribution in [2.75, 3.05) is 31.1 Å². The highest BCUT2D eigenvalue weighted by atomic mass is 16.2. The van der Waals surface area contributed by atoms with Crippen molar-refractivity contribution in [1.29, 1.82) is 0 Å². The molecule has 1 aromatic heterocycles. The molecule has 23 heavy (non-hydrogen) atoms. The first-order chi connectivity index (χ1) is 11.2. The summed E-state index contributed by atoms with van der Waals surface area (Å²) < 4.78 is 0. The molecule has 0 spiro atoms. The summed E-state index contributed by atoms with van der Waals surface area (Å²) in [6, 6.07) is 5.62. The second kappa shape index (κ2) is 7.77. The van der Waals surface area contributed by atoms with Crippen LogP contribution >= 0.6 is 0 Å². The largest absolute Gasteiger partial charge is 0.353 e. The van der Waals surface area contributed by atoms with Gasteiger partial charge in [-0.1, -0.05) is 38.2 Å². The van der Waals surface area contributed by atoms with Crippen LogP contribution in [0.1, 0.15) is 38.5 Å². The van der Waals surface area contributed by atoms with Gasteiger partial charge in [-0.15, -0.1) is 0 Å². The number of nitrogens with zero attached hydrogens (tertiary/aromatic N) is 3. The lowest BCUT2D eigenvalue weighted by Crippen LogP contribution is -2.53. The second-order valence-electron chi connectivity index (χ2n) is 6.85. The summed E-state index contributed by atoms with van der Waals surface area (Å²) in [7, 11) is 0. The molecule has 2 aliphatic rings. The van der Waals surface area contributed by atoms with Crippen LogP contribution in [0.3, 0.4) is 0 Å². The lowest BCUT2D eigenvalue weighted by molar-refractivity contribution is -0.133. The summed E-state index contributed by atoms with van der Waals surface area (Å²) in [4.78, 5) is 21.1. The Morgan fingerprint density at radius 2 is 1.91 bits per heavy atom. The summed E-state index contributed by atoms with van der Waals surface area (Å²) in [6.45, 7) is 3.15. The number of aromatic nitrogens is 1. The van der Waals surface area contributed by atoms with Gasteiger partial charge >= 0.3 is 0 Å². The highest BCUT2D eigenvalue weighted by Gasteiger charge is 2.27. The first kappa shape index (κ1) is 16.2. The Balaban J connectivity index is 1.47. The molecule has 2 N–H and O–H groups in total. The molecule has 126 valence electrons. The average molecular weight is 316 g/mol. The molecule has 1 aromatic rings. The average Bonchev–Trinajstić information content (AvgIpc) is 2.63. The zero-order valence-corrected chi connectivity index (χ0v) is 13.9. The fraction of sp³-hybridized carbons (Fsp3) is 0.667. The fourth-order valence-corrected chi connectivity index (χ4v) is 3.81. The molecule has 0 radical (unpaired) electrons. The Labute approximate surface area is 138 Å². The number of rotatable bonds is 4. The summed E-state index contributed by atoms with van der Waals surface area (Å²) >= 11 is 0. The van der Waals surface area contributed by atoms with Crippen LogP contribution in [0, 0.1) is 5.92 Å². The molecule has 1 unspecified atom stereocenters. The number of pyridine rings is 1. The molecule has 0 bridgehead atoms. The van der Waals surface area contributed by atoms with E-state index in [1.165, 1.54) is 32.1 Å². The van der Waals surface area contributed by atoms with E-state index >= 15 is 0 Å². The molecule has 2 fully saturated rings. The van der Waals surface area contributed by atoms with Crippen molar-refractivity contribution >= 4 is 11.7 Å². The van der Waals surface area contributed by atoms with Crippen molar-refractivity contribution in [1.82, 2.24) is 9.88 Å². The van der Waals surface area contributed by atoms with E-state index in [9.17, 15) is 4.79 Å². The minimum absolute atomic E-state index is 0.135. The highest BCUT2D eigenvalue weighted by Crippen LogP contribution is 2.27. The Bertz CT molecular complexity index is 493. The van der Waals surface area contributed by atoms with Crippen molar-refractivity contribution < 1.29 is 4.79 Å². The van der Waals surface area contributed by atoms with Crippen molar-refractivity contribution in [2.45, 2.75) is 44.6 Å². The molecule has 1 saturated heterocycles. The van der Waals surface area contributed by atoms with Gasteiger partial charge in [-0.05, 0) is 24.5 Å². The molecule has 5 nitrogen and oxygen atoms in total. The van der Waals surface area contributed by atoms with Gasteiger partial charge in [0, 0.05) is 32.4 Å². The number of piperazine rings is 1. The van der Waals surface area contributed by atoms with Crippen LogP contribution in [-0.2, 0) is 4.79 Å². The minimum Gasteiger partial charge on any atom is -0.353 e. The maximum absolute atomic E-state index is 12.6. The van der Waals surface area contributed by atoms with Gasteiger partial charge in [0.15, 0.2) is 0 Å². The summed E-state index contributed by atoms with van der Waals surface area (Å²) in [5.74, 6) is 1.78. The lowest BCUT2D eigenvalue weighted by atomic mass is 9.84. The number of hydrogen-bond acceptors (Lipinski definition) is 4. The first-order valence-electron chi connectivity index (χ1n) is 8.94. The quantitative estimate of drug-likeness (QED) is 0.923. The van der Waals surface area contributed by atoms with Crippen LogP contribution in [0.4, 0.5) is 5.82 Å². The molecular weight excluding hydrogens is 288 g/mol. The standard InChI is InChI=1S/C18H28N4O/c19-16(14-15-6-2-1-3-7-15)18(23)22-12-10-21(11-13-22)17-8-4-5-9-20-17/h4-5,8-9,15-16H,1-3,6-7,10-14,19H2. The molecule has 5 heteroatoms. The van der Waals surface area contributed by atoms with Crippen LogP contribution in [0.5, 0.6) is 0 Å². The Morgan fingerprint density at radius 1 is 1.17 bits per heavy atom. The van der Waals surface area contributed by atoms with Gasteiger partial charge in [0.25, 0.3) is 0 Å². The van der Waals surface area contributed by atoms with Crippen molar-refractivity contribution in [3.63, 3.8) is 0 Å². The molecule has 1 aliphatic carbocycles. The molecule has 1 atom stereocenters. The lowest BCUT2D eigenvalue weighted by Gasteiger charge is -2.37. The van der Waals surface area contributed by atoms with Gasteiger partial charge in [0.1, 0.15) is 5.82 Å². The van der Waals surface area contributed by atoms with E-state index in [4.69, 9.17) is 5.73 Å². The van der Waals surface area contributed by atoms with Gasteiger partial charge in [0.2, 0.25) is 5.91 Å². The minimum atomic E-state index is -0.320. The third kappa shape index (κ3) is 4.22. The summed E-state index contributed by atoms with van der Waals surface area (Å²) in [5.41, 5.74) is 6.21. The number of nitrogens with two attached hydrogens (primary N) is 1. The SMILES string of the molecule is NC(CC1CCCCC1)C(=O)N1CCN(c2ccccn2)CC1. The van der Waals surface area contributed by atoms with E-state index in [2.05, 4.69) is 9.88 Å². The summed E-state index contributed by atoms with van der Waals surface area (Å²) in [6.07, 6.45) is 9.10. The van der Waals surface area contributed by atoms with E-state index in [-0.39, 0.29) is 11.9 Å². The highest BCUT2D eigenvalue weighted by molar-refractivity contribution is 5.81. The van der Waals surface area contributed by atoms with E-state index < -0.39 is 0 Å². The molecule has 1 aliphatic heterocycles. The normalized spacial score (nSPS) is 21.3. The maximum Gasteiger partial charge on any atom is 0.239 e. The van der Waals surface area contributed by atoms with Crippen LogP contribution < -0.4 is 10.6 Å². The van der Waals surface area contributed by atoms with E-state index in [1.54, 1.807) is 0 Å². The zero-order valence-electron chi connectivity index (χ0n) is 13.9. The van der Waals surface area contributed by atoms with Gasteiger partial charge in [0.05, 0.1) is 6.04 Å². The molecule has 0 aromatic carbocycles. The van der Waals surface area contributed by atoms with Crippen LogP contribution in [0.25, 0.3) is 0 Å². The Hall–Kier alpha value is -1.62. The van der Waals surface area contributed by atoms with Crippen molar-refractivity contribution in [3.8, 4) is 0 Å².